The Morgan fingerprint density at radius 1 is 1.16 bits per heavy atom. The molecule has 7 nitrogen and oxygen atoms in total. The Bertz CT molecular complexity index is 857. The summed E-state index contributed by atoms with van der Waals surface area (Å²) in [5.74, 6) is 2.95. The summed E-state index contributed by atoms with van der Waals surface area (Å²) < 4.78 is 1.93. The molecule has 1 aliphatic carbocycles. The van der Waals surface area contributed by atoms with Crippen molar-refractivity contribution in [1.82, 2.24) is 25.1 Å². The van der Waals surface area contributed by atoms with Gasteiger partial charge in [0.25, 0.3) is 0 Å². The number of carbonyl (C=O) groups is 1. The van der Waals surface area contributed by atoms with E-state index in [0.29, 0.717) is 19.5 Å². The van der Waals surface area contributed by atoms with Gasteiger partial charge in [0, 0.05) is 31.8 Å². The van der Waals surface area contributed by atoms with Crippen molar-refractivity contribution in [2.45, 2.75) is 82.8 Å². The van der Waals surface area contributed by atoms with Gasteiger partial charge in [0.05, 0.1) is 18.1 Å². The van der Waals surface area contributed by atoms with Crippen LogP contribution >= 0.6 is 11.8 Å². The van der Waals surface area contributed by atoms with Crippen LogP contribution in [-0.4, -0.2) is 51.0 Å². The summed E-state index contributed by atoms with van der Waals surface area (Å²) in [4.78, 5) is 24.4. The van der Waals surface area contributed by atoms with Crippen LogP contribution in [0.1, 0.15) is 71.1 Å². The van der Waals surface area contributed by atoms with E-state index in [1.807, 2.05) is 10.9 Å². The quantitative estimate of drug-likeness (QED) is 0.432. The molecule has 2 aromatic rings. The molecule has 1 N–H and O–H groups in total. The third-order valence-electron chi connectivity index (χ3n) is 6.45. The molecule has 0 unspecified atom stereocenters. The molecule has 2 aliphatic rings. The molecule has 8 heteroatoms. The second kappa shape index (κ2) is 11.2. The van der Waals surface area contributed by atoms with E-state index in [2.05, 4.69) is 22.2 Å². The average molecular weight is 445 g/mol. The van der Waals surface area contributed by atoms with Crippen molar-refractivity contribution in [3.05, 3.63) is 6.20 Å². The first-order chi connectivity index (χ1) is 15.2. The van der Waals surface area contributed by atoms with Crippen molar-refractivity contribution in [2.75, 3.05) is 30.3 Å². The second-order valence-corrected chi connectivity index (χ2v) is 9.93. The molecule has 4 rings (SSSR count). The topological polar surface area (TPSA) is 75.9 Å². The number of nitrogens with zero attached hydrogens (tertiary/aromatic N) is 5. The monoisotopic (exact) mass is 444 g/mol. The van der Waals surface area contributed by atoms with Crippen LogP contribution in [0.5, 0.6) is 0 Å². The molecule has 1 saturated carbocycles. The van der Waals surface area contributed by atoms with Crippen LogP contribution < -0.4 is 10.2 Å². The summed E-state index contributed by atoms with van der Waals surface area (Å²) in [6, 6.07) is 0. The Kier molecular flexibility index (Phi) is 8.05. The molecular weight excluding hydrogens is 408 g/mol. The van der Waals surface area contributed by atoms with Gasteiger partial charge in [-0.25, -0.2) is 14.6 Å². The van der Waals surface area contributed by atoms with Gasteiger partial charge in [-0.15, -0.1) is 0 Å². The number of piperidine rings is 1. The molecule has 2 aromatic heterocycles. The number of rotatable bonds is 10. The van der Waals surface area contributed by atoms with Crippen molar-refractivity contribution in [3.8, 4) is 0 Å². The zero-order valence-electron chi connectivity index (χ0n) is 18.8. The fourth-order valence-electron chi connectivity index (χ4n) is 4.71. The van der Waals surface area contributed by atoms with Crippen molar-refractivity contribution < 1.29 is 4.79 Å². The minimum Gasteiger partial charge on any atom is -0.356 e. The SMILES string of the molecule is CCCSc1nc(N2CCCCC2)c2cnn(CCNC(=O)CCC3CCCC3)c2n1. The van der Waals surface area contributed by atoms with Gasteiger partial charge >= 0.3 is 0 Å². The number of aromatic nitrogens is 4. The highest BCUT2D eigenvalue weighted by Crippen LogP contribution is 2.30. The number of hydrogen-bond donors (Lipinski definition) is 1. The van der Waals surface area contributed by atoms with Gasteiger partial charge in [-0.3, -0.25) is 4.79 Å². The van der Waals surface area contributed by atoms with Gasteiger partial charge in [-0.2, -0.15) is 5.10 Å². The van der Waals surface area contributed by atoms with E-state index in [1.165, 1.54) is 44.9 Å². The van der Waals surface area contributed by atoms with Gasteiger partial charge < -0.3 is 10.2 Å². The fraction of sp³-hybridized carbons (Fsp3) is 0.739. The Morgan fingerprint density at radius 3 is 2.74 bits per heavy atom. The molecule has 0 bridgehead atoms. The molecule has 0 aromatic carbocycles. The molecule has 3 heterocycles. The maximum atomic E-state index is 12.2. The van der Waals surface area contributed by atoms with Gasteiger partial charge in [0.2, 0.25) is 5.91 Å². The summed E-state index contributed by atoms with van der Waals surface area (Å²) >= 11 is 1.71. The number of carbonyl (C=O) groups excluding carboxylic acids is 1. The summed E-state index contributed by atoms with van der Waals surface area (Å²) in [5, 5.41) is 9.54. The van der Waals surface area contributed by atoms with E-state index in [-0.39, 0.29) is 5.91 Å². The minimum absolute atomic E-state index is 0.159. The van der Waals surface area contributed by atoms with Crippen LogP contribution in [0, 0.1) is 5.92 Å². The minimum atomic E-state index is 0.159. The van der Waals surface area contributed by atoms with Gasteiger partial charge in [0.15, 0.2) is 10.8 Å². The van der Waals surface area contributed by atoms with Crippen LogP contribution in [0.4, 0.5) is 5.82 Å². The largest absolute Gasteiger partial charge is 0.356 e. The van der Waals surface area contributed by atoms with Crippen LogP contribution in [0.25, 0.3) is 11.0 Å². The summed E-state index contributed by atoms with van der Waals surface area (Å²) in [7, 11) is 0. The highest BCUT2D eigenvalue weighted by molar-refractivity contribution is 7.99. The van der Waals surface area contributed by atoms with E-state index in [9.17, 15) is 4.79 Å². The van der Waals surface area contributed by atoms with Crippen LogP contribution in [-0.2, 0) is 11.3 Å². The lowest BCUT2D eigenvalue weighted by Crippen LogP contribution is -2.30. The molecule has 0 spiro atoms. The lowest BCUT2D eigenvalue weighted by Gasteiger charge is -2.28. The molecule has 0 atom stereocenters. The summed E-state index contributed by atoms with van der Waals surface area (Å²) in [6.07, 6.45) is 13.6. The van der Waals surface area contributed by atoms with Crippen molar-refractivity contribution >= 4 is 34.5 Å². The maximum Gasteiger partial charge on any atom is 0.220 e. The average Bonchev–Trinajstić information content (AvgIpc) is 3.46. The molecule has 0 radical (unpaired) electrons. The lowest BCUT2D eigenvalue weighted by atomic mass is 10.0. The zero-order valence-corrected chi connectivity index (χ0v) is 19.6. The predicted octanol–water partition coefficient (Wildman–Crippen LogP) is 4.41. The molecule has 1 aliphatic heterocycles. The number of hydrogen-bond acceptors (Lipinski definition) is 6. The highest BCUT2D eigenvalue weighted by Gasteiger charge is 2.20. The summed E-state index contributed by atoms with van der Waals surface area (Å²) in [6.45, 7) is 5.49. The van der Waals surface area contributed by atoms with Crippen LogP contribution in [0.15, 0.2) is 11.4 Å². The van der Waals surface area contributed by atoms with E-state index < -0.39 is 0 Å². The zero-order chi connectivity index (χ0) is 21.5. The number of nitrogens with one attached hydrogen (secondary N) is 1. The van der Waals surface area contributed by atoms with E-state index in [4.69, 9.17) is 9.97 Å². The molecule has 2 fully saturated rings. The van der Waals surface area contributed by atoms with Gasteiger partial charge in [-0.05, 0) is 38.0 Å². The highest BCUT2D eigenvalue weighted by atomic mass is 32.2. The first-order valence-electron chi connectivity index (χ1n) is 12.1. The number of amides is 1. The maximum absolute atomic E-state index is 12.2. The first-order valence-corrected chi connectivity index (χ1v) is 13.1. The van der Waals surface area contributed by atoms with Gasteiger partial charge in [0.1, 0.15) is 5.82 Å². The van der Waals surface area contributed by atoms with E-state index >= 15 is 0 Å². The molecule has 31 heavy (non-hydrogen) atoms. The molecule has 1 amide bonds. The van der Waals surface area contributed by atoms with Crippen LogP contribution in [0.2, 0.25) is 0 Å². The number of thioether (sulfide) groups is 1. The number of anilines is 1. The predicted molar refractivity (Wildman–Crippen MR) is 127 cm³/mol. The molecular formula is C23H36N6OS. The number of fused-ring (bicyclic) bond motifs is 1. The third-order valence-corrected chi connectivity index (χ3v) is 7.50. The third kappa shape index (κ3) is 5.90. The van der Waals surface area contributed by atoms with Crippen molar-refractivity contribution in [3.63, 3.8) is 0 Å². The van der Waals surface area contributed by atoms with E-state index in [0.717, 1.165) is 59.6 Å². The summed E-state index contributed by atoms with van der Waals surface area (Å²) in [5.41, 5.74) is 0.884. The fourth-order valence-corrected chi connectivity index (χ4v) is 5.40. The van der Waals surface area contributed by atoms with Crippen molar-refractivity contribution in [1.29, 1.82) is 0 Å². The molecule has 1 saturated heterocycles. The standard InChI is InChI=1S/C23H36N6OS/c1-2-16-31-23-26-21(28-13-6-3-7-14-28)19-17-25-29(22(19)27-23)15-12-24-20(30)11-10-18-8-4-5-9-18/h17-18H,2-16H2,1H3,(H,24,30). The Hall–Kier alpha value is -1.83. The van der Waals surface area contributed by atoms with Crippen molar-refractivity contribution in [2.24, 2.45) is 5.92 Å². The Morgan fingerprint density at radius 2 is 1.97 bits per heavy atom. The Labute approximate surface area is 189 Å². The second-order valence-electron chi connectivity index (χ2n) is 8.87. The molecule has 170 valence electrons. The normalized spacial score (nSPS) is 17.5. The first kappa shape index (κ1) is 22.4. The van der Waals surface area contributed by atoms with E-state index in [1.54, 1.807) is 11.8 Å². The smallest absolute Gasteiger partial charge is 0.220 e. The van der Waals surface area contributed by atoms with Gasteiger partial charge in [-0.1, -0.05) is 44.4 Å². The lowest BCUT2D eigenvalue weighted by molar-refractivity contribution is -0.121. The Balaban J connectivity index is 1.41. The van der Waals surface area contributed by atoms with Crippen LogP contribution in [0.3, 0.4) is 0 Å².